The highest BCUT2D eigenvalue weighted by Gasteiger charge is 2.09. The molecule has 3 N–H and O–H groups in total. The third kappa shape index (κ3) is 5.91. The summed E-state index contributed by atoms with van der Waals surface area (Å²) in [5.74, 6) is -0.322. The lowest BCUT2D eigenvalue weighted by molar-refractivity contribution is -0.120. The minimum absolute atomic E-state index is 0.154. The van der Waals surface area contributed by atoms with Gasteiger partial charge >= 0.3 is 0 Å². The van der Waals surface area contributed by atoms with Crippen LogP contribution in [0.2, 0.25) is 4.34 Å². The summed E-state index contributed by atoms with van der Waals surface area (Å²) in [4.78, 5) is 24.7. The Balaban J connectivity index is 1.56. The number of nitrogens with zero attached hydrogens (tertiary/aromatic N) is 1. The van der Waals surface area contributed by atoms with E-state index in [0.717, 1.165) is 11.1 Å². The van der Waals surface area contributed by atoms with Crippen LogP contribution in [0.25, 0.3) is 0 Å². The number of hydrogen-bond acceptors (Lipinski definition) is 5. The van der Waals surface area contributed by atoms with E-state index < -0.39 is 0 Å². The van der Waals surface area contributed by atoms with Gasteiger partial charge in [-0.05, 0) is 54.4 Å². The van der Waals surface area contributed by atoms with Gasteiger partial charge in [0.1, 0.15) is 5.75 Å². The normalized spacial score (nSPS) is 11.2. The highest BCUT2D eigenvalue weighted by atomic mass is 35.5. The van der Waals surface area contributed by atoms with Crippen LogP contribution in [0, 0.1) is 0 Å². The Labute approximate surface area is 176 Å². The molecule has 0 bridgehead atoms. The predicted molar refractivity (Wildman–Crippen MR) is 116 cm³/mol. The standard InChI is InChI=1S/C21H18ClN3O3S/c1-13(24-25-20(27)12-14-2-8-17(26)9-3-14)15-4-6-16(7-5-15)23-21(28)18-10-11-19(22)29-18/h2-11,26H,12H2,1H3,(H,23,28)(H,25,27). The fourth-order valence-electron chi connectivity index (χ4n) is 2.47. The lowest BCUT2D eigenvalue weighted by Crippen LogP contribution is -2.21. The first-order valence-corrected chi connectivity index (χ1v) is 9.88. The Hall–Kier alpha value is -3.16. The van der Waals surface area contributed by atoms with E-state index in [1.165, 1.54) is 23.5 Å². The third-order valence-corrected chi connectivity index (χ3v) is 5.24. The summed E-state index contributed by atoms with van der Waals surface area (Å²) < 4.78 is 0.560. The topological polar surface area (TPSA) is 90.8 Å². The van der Waals surface area contributed by atoms with Crippen molar-refractivity contribution in [2.75, 3.05) is 5.32 Å². The number of phenolic OH excluding ortho intramolecular Hbond substituents is 1. The number of rotatable bonds is 6. The second-order valence-corrected chi connectivity index (χ2v) is 7.93. The van der Waals surface area contributed by atoms with Crippen LogP contribution >= 0.6 is 22.9 Å². The van der Waals surface area contributed by atoms with Crippen molar-refractivity contribution < 1.29 is 14.7 Å². The fraction of sp³-hybridized carbons (Fsp3) is 0.0952. The maximum atomic E-state index is 12.1. The monoisotopic (exact) mass is 427 g/mol. The van der Waals surface area contributed by atoms with E-state index in [2.05, 4.69) is 15.8 Å². The van der Waals surface area contributed by atoms with Gasteiger partial charge in [-0.15, -0.1) is 11.3 Å². The first-order valence-electron chi connectivity index (χ1n) is 8.69. The number of phenols is 1. The summed E-state index contributed by atoms with van der Waals surface area (Å²) in [6, 6.07) is 16.9. The second kappa shape index (κ2) is 9.36. The molecule has 1 aromatic heterocycles. The number of carbonyl (C=O) groups excluding carboxylic acids is 2. The van der Waals surface area contributed by atoms with E-state index in [9.17, 15) is 14.7 Å². The molecule has 0 spiro atoms. The molecule has 0 atom stereocenters. The van der Waals surface area contributed by atoms with Crippen molar-refractivity contribution in [3.63, 3.8) is 0 Å². The molecule has 148 valence electrons. The first-order chi connectivity index (χ1) is 13.9. The number of halogens is 1. The predicted octanol–water partition coefficient (Wildman–Crippen LogP) is 4.44. The zero-order valence-corrected chi connectivity index (χ0v) is 17.1. The fourth-order valence-corrected chi connectivity index (χ4v) is 3.41. The van der Waals surface area contributed by atoms with Crippen molar-refractivity contribution in [1.82, 2.24) is 5.43 Å². The molecule has 0 aliphatic rings. The van der Waals surface area contributed by atoms with Gasteiger partial charge in [0.15, 0.2) is 0 Å². The molecule has 1 heterocycles. The lowest BCUT2D eigenvalue weighted by Gasteiger charge is -2.06. The molecule has 0 unspecified atom stereocenters. The number of nitrogens with one attached hydrogen (secondary N) is 2. The summed E-state index contributed by atoms with van der Waals surface area (Å²) in [6.07, 6.45) is 0.161. The van der Waals surface area contributed by atoms with Gasteiger partial charge in [-0.1, -0.05) is 35.9 Å². The van der Waals surface area contributed by atoms with Crippen molar-refractivity contribution in [2.24, 2.45) is 5.10 Å². The second-order valence-electron chi connectivity index (χ2n) is 6.21. The smallest absolute Gasteiger partial charge is 0.265 e. The molecule has 2 aromatic carbocycles. The number of hydrogen-bond donors (Lipinski definition) is 3. The third-order valence-electron chi connectivity index (χ3n) is 4.01. The number of carbonyl (C=O) groups is 2. The van der Waals surface area contributed by atoms with Crippen LogP contribution in [-0.2, 0) is 11.2 Å². The first kappa shape index (κ1) is 20.6. The van der Waals surface area contributed by atoms with Crippen LogP contribution in [0.5, 0.6) is 5.75 Å². The minimum atomic E-state index is -0.256. The Morgan fingerprint density at radius 3 is 2.34 bits per heavy atom. The van der Waals surface area contributed by atoms with Crippen LogP contribution in [0.15, 0.2) is 65.8 Å². The quantitative estimate of drug-likeness (QED) is 0.401. The van der Waals surface area contributed by atoms with Gasteiger partial charge in [-0.2, -0.15) is 5.10 Å². The maximum Gasteiger partial charge on any atom is 0.265 e. The van der Waals surface area contributed by atoms with Gasteiger partial charge in [-0.3, -0.25) is 9.59 Å². The Morgan fingerprint density at radius 1 is 1.03 bits per heavy atom. The highest BCUT2D eigenvalue weighted by molar-refractivity contribution is 7.18. The Kier molecular flexibility index (Phi) is 6.64. The SMILES string of the molecule is CC(=NNC(=O)Cc1ccc(O)cc1)c1ccc(NC(=O)c2ccc(Cl)s2)cc1. The number of amides is 2. The van der Waals surface area contributed by atoms with E-state index in [1.807, 2.05) is 12.1 Å². The van der Waals surface area contributed by atoms with Gasteiger partial charge in [0, 0.05) is 5.69 Å². The summed E-state index contributed by atoms with van der Waals surface area (Å²) in [7, 11) is 0. The van der Waals surface area contributed by atoms with Crippen LogP contribution in [0.4, 0.5) is 5.69 Å². The summed E-state index contributed by atoms with van der Waals surface area (Å²) in [6.45, 7) is 1.78. The largest absolute Gasteiger partial charge is 0.508 e. The number of hydrazone groups is 1. The average Bonchev–Trinajstić information content (AvgIpc) is 3.15. The molecule has 2 amide bonds. The molecule has 0 aliphatic heterocycles. The number of benzene rings is 2. The molecule has 0 fully saturated rings. The Morgan fingerprint density at radius 2 is 1.72 bits per heavy atom. The van der Waals surface area contributed by atoms with Crippen molar-refractivity contribution >= 4 is 46.2 Å². The zero-order valence-electron chi connectivity index (χ0n) is 15.5. The van der Waals surface area contributed by atoms with Crippen molar-refractivity contribution in [3.05, 3.63) is 81.0 Å². The van der Waals surface area contributed by atoms with Crippen LogP contribution in [0.1, 0.15) is 27.7 Å². The molecule has 29 heavy (non-hydrogen) atoms. The number of anilines is 1. The summed E-state index contributed by atoms with van der Waals surface area (Å²) in [5.41, 5.74) is 5.39. The van der Waals surface area contributed by atoms with Gasteiger partial charge in [0.05, 0.1) is 21.3 Å². The number of thiophene rings is 1. The van der Waals surface area contributed by atoms with Crippen molar-refractivity contribution in [2.45, 2.75) is 13.3 Å². The summed E-state index contributed by atoms with van der Waals surface area (Å²) in [5, 5.41) is 16.2. The van der Waals surface area contributed by atoms with E-state index >= 15 is 0 Å². The van der Waals surface area contributed by atoms with Gasteiger partial charge < -0.3 is 10.4 Å². The average molecular weight is 428 g/mol. The van der Waals surface area contributed by atoms with E-state index in [1.54, 1.807) is 43.3 Å². The van der Waals surface area contributed by atoms with E-state index in [-0.39, 0.29) is 24.0 Å². The molecule has 0 saturated heterocycles. The zero-order chi connectivity index (χ0) is 20.8. The van der Waals surface area contributed by atoms with Crippen LogP contribution < -0.4 is 10.7 Å². The van der Waals surface area contributed by atoms with Crippen LogP contribution in [0.3, 0.4) is 0 Å². The molecular weight excluding hydrogens is 410 g/mol. The van der Waals surface area contributed by atoms with Gasteiger partial charge in [0.25, 0.3) is 5.91 Å². The molecule has 3 aromatic rings. The minimum Gasteiger partial charge on any atom is -0.508 e. The molecule has 0 saturated carbocycles. The van der Waals surface area contributed by atoms with Crippen LogP contribution in [-0.4, -0.2) is 22.6 Å². The number of aromatic hydroxyl groups is 1. The molecule has 0 radical (unpaired) electrons. The van der Waals surface area contributed by atoms with Gasteiger partial charge in [-0.25, -0.2) is 5.43 Å². The molecule has 8 heteroatoms. The molecule has 0 aliphatic carbocycles. The summed E-state index contributed by atoms with van der Waals surface area (Å²) >= 11 is 7.07. The van der Waals surface area contributed by atoms with Gasteiger partial charge in [0.2, 0.25) is 5.91 Å². The highest BCUT2D eigenvalue weighted by Crippen LogP contribution is 2.22. The van der Waals surface area contributed by atoms with E-state index in [0.29, 0.717) is 20.6 Å². The lowest BCUT2D eigenvalue weighted by atomic mass is 10.1. The molecule has 6 nitrogen and oxygen atoms in total. The van der Waals surface area contributed by atoms with Crippen molar-refractivity contribution in [3.8, 4) is 5.75 Å². The van der Waals surface area contributed by atoms with Crippen molar-refractivity contribution in [1.29, 1.82) is 0 Å². The maximum absolute atomic E-state index is 12.1. The molecule has 3 rings (SSSR count). The van der Waals surface area contributed by atoms with E-state index in [4.69, 9.17) is 11.6 Å². The Bertz CT molecular complexity index is 1040. The molecular formula is C21H18ClN3O3S.